The number of fused-ring (bicyclic) bond motifs is 6. The first-order chi connectivity index (χ1) is 15.5. The van der Waals surface area contributed by atoms with E-state index in [1.54, 1.807) is 22.3 Å². The van der Waals surface area contributed by atoms with Crippen molar-refractivity contribution in [3.05, 3.63) is 79.5 Å². The van der Waals surface area contributed by atoms with Gasteiger partial charge < -0.3 is 0 Å². The number of hydrogen-bond donors (Lipinski definition) is 0. The van der Waals surface area contributed by atoms with E-state index in [1.807, 2.05) is 45.3 Å². The van der Waals surface area contributed by atoms with Crippen LogP contribution in [0.15, 0.2) is 36.4 Å². The molecule has 0 saturated heterocycles. The van der Waals surface area contributed by atoms with Gasteiger partial charge in [-0.2, -0.15) is 0 Å². The van der Waals surface area contributed by atoms with Crippen LogP contribution < -0.4 is 0 Å². The molecule has 4 heterocycles. The van der Waals surface area contributed by atoms with Gasteiger partial charge in [0.15, 0.2) is 0 Å². The quantitative estimate of drug-likeness (QED) is 0.228. The Kier molecular flexibility index (Phi) is 4.12. The van der Waals surface area contributed by atoms with E-state index in [-0.39, 0.29) is 0 Å². The second-order valence-electron chi connectivity index (χ2n) is 9.06. The van der Waals surface area contributed by atoms with E-state index in [0.717, 1.165) is 12.8 Å². The lowest BCUT2D eigenvalue weighted by Gasteiger charge is -2.16. The SMILES string of the molecule is Cc1ccc(-c2cc3c(s2)-c2c(C)c4c(c(C)c2C3)-c2sc(-c3ccc(C)s3)cc2C4)s1. The van der Waals surface area contributed by atoms with Crippen LogP contribution in [0.4, 0.5) is 0 Å². The molecular formula is C28H22S4. The van der Waals surface area contributed by atoms with Gasteiger partial charge in [-0.1, -0.05) is 0 Å². The summed E-state index contributed by atoms with van der Waals surface area (Å²) >= 11 is 7.83. The Labute approximate surface area is 204 Å². The molecular weight excluding hydrogens is 465 g/mol. The minimum atomic E-state index is 1.09. The highest BCUT2D eigenvalue weighted by Crippen LogP contribution is 2.55. The van der Waals surface area contributed by atoms with Crippen LogP contribution in [0.1, 0.15) is 43.1 Å². The molecule has 0 radical (unpaired) electrons. The summed E-state index contributed by atoms with van der Waals surface area (Å²) < 4.78 is 0. The fraction of sp³-hybridized carbons (Fsp3) is 0.214. The second kappa shape index (κ2) is 6.77. The second-order valence-corrected chi connectivity index (χ2v) is 13.7. The van der Waals surface area contributed by atoms with Crippen LogP contribution in [0.25, 0.3) is 40.4 Å². The highest BCUT2D eigenvalue weighted by molar-refractivity contribution is 7.24. The van der Waals surface area contributed by atoms with Gasteiger partial charge in [0, 0.05) is 39.0 Å². The summed E-state index contributed by atoms with van der Waals surface area (Å²) in [7, 11) is 0. The molecule has 4 heteroatoms. The Balaban J connectivity index is 1.36. The zero-order valence-electron chi connectivity index (χ0n) is 18.5. The van der Waals surface area contributed by atoms with Gasteiger partial charge in [-0.3, -0.25) is 0 Å². The molecule has 0 N–H and O–H groups in total. The first kappa shape index (κ1) is 19.5. The molecule has 32 heavy (non-hydrogen) atoms. The lowest BCUT2D eigenvalue weighted by Crippen LogP contribution is -1.97. The van der Waals surface area contributed by atoms with Crippen molar-refractivity contribution in [1.29, 1.82) is 0 Å². The van der Waals surface area contributed by atoms with Crippen molar-refractivity contribution in [2.75, 3.05) is 0 Å². The molecule has 0 unspecified atom stereocenters. The Morgan fingerprint density at radius 2 is 0.969 bits per heavy atom. The maximum absolute atomic E-state index is 2.46. The molecule has 2 aliphatic rings. The monoisotopic (exact) mass is 486 g/mol. The van der Waals surface area contributed by atoms with Crippen molar-refractivity contribution >= 4 is 45.3 Å². The molecule has 0 nitrogen and oxygen atoms in total. The Hall–Kier alpha value is -1.98. The summed E-state index contributed by atoms with van der Waals surface area (Å²) in [5.41, 5.74) is 12.3. The minimum absolute atomic E-state index is 1.09. The Morgan fingerprint density at radius 3 is 1.34 bits per heavy atom. The average molecular weight is 487 g/mol. The number of aryl methyl sites for hydroxylation is 2. The molecule has 5 aromatic rings. The van der Waals surface area contributed by atoms with E-state index in [4.69, 9.17) is 0 Å². The fourth-order valence-electron chi connectivity index (χ4n) is 5.49. The zero-order chi connectivity index (χ0) is 21.7. The molecule has 7 rings (SSSR count). The van der Waals surface area contributed by atoms with Crippen molar-refractivity contribution in [1.82, 2.24) is 0 Å². The van der Waals surface area contributed by atoms with Crippen molar-refractivity contribution < 1.29 is 0 Å². The normalized spacial score (nSPS) is 13.4. The molecule has 2 aliphatic carbocycles. The molecule has 0 fully saturated rings. The van der Waals surface area contributed by atoms with Gasteiger partial charge in [-0.25, -0.2) is 0 Å². The standard InChI is InChI=1S/C28H22S4/c1-13-5-7-21(29-13)23-11-17-9-19-16(4)26-20(15(3)25(19)27(17)31-23)10-18-12-24(32-28(18)26)22-8-6-14(2)30-22/h5-8,11-12H,9-10H2,1-4H3. The molecule has 0 bridgehead atoms. The van der Waals surface area contributed by atoms with E-state index in [0.29, 0.717) is 0 Å². The number of rotatable bonds is 2. The third-order valence-electron chi connectivity index (χ3n) is 7.03. The minimum Gasteiger partial charge on any atom is -0.140 e. The van der Waals surface area contributed by atoms with Crippen LogP contribution in [0.3, 0.4) is 0 Å². The highest BCUT2D eigenvalue weighted by Gasteiger charge is 2.33. The summed E-state index contributed by atoms with van der Waals surface area (Å²) in [4.78, 5) is 11.5. The average Bonchev–Trinajstić information content (AvgIpc) is 3.54. The molecule has 0 spiro atoms. The first-order valence-corrected chi connectivity index (χ1v) is 14.3. The fourth-order valence-corrected chi connectivity index (χ4v) is 10.0. The number of hydrogen-bond acceptors (Lipinski definition) is 4. The van der Waals surface area contributed by atoms with Gasteiger partial charge in [-0.05, 0) is 121 Å². The van der Waals surface area contributed by atoms with Gasteiger partial charge in [0.05, 0.1) is 0 Å². The summed E-state index contributed by atoms with van der Waals surface area (Å²) in [5.74, 6) is 0. The molecule has 0 saturated carbocycles. The number of benzene rings is 1. The third kappa shape index (κ3) is 2.64. The summed E-state index contributed by atoms with van der Waals surface area (Å²) in [6, 6.07) is 14.0. The van der Waals surface area contributed by atoms with Crippen molar-refractivity contribution in [2.24, 2.45) is 0 Å². The van der Waals surface area contributed by atoms with Crippen LogP contribution in [-0.4, -0.2) is 0 Å². The highest BCUT2D eigenvalue weighted by atomic mass is 32.1. The maximum atomic E-state index is 2.46. The molecule has 4 aromatic heterocycles. The Bertz CT molecular complexity index is 1440. The van der Waals surface area contributed by atoms with E-state index in [1.165, 1.54) is 61.3 Å². The maximum Gasteiger partial charge on any atom is 0.0452 e. The lowest BCUT2D eigenvalue weighted by molar-refractivity contribution is 1.17. The van der Waals surface area contributed by atoms with Crippen LogP contribution in [-0.2, 0) is 12.8 Å². The topological polar surface area (TPSA) is 0 Å². The van der Waals surface area contributed by atoms with Gasteiger partial charge in [0.25, 0.3) is 0 Å². The lowest BCUT2D eigenvalue weighted by atomic mass is 9.90. The summed E-state index contributed by atoms with van der Waals surface area (Å²) in [6.07, 6.45) is 2.17. The van der Waals surface area contributed by atoms with Crippen LogP contribution in [0.2, 0.25) is 0 Å². The summed E-state index contributed by atoms with van der Waals surface area (Å²) in [6.45, 7) is 9.15. The number of thiophene rings is 4. The largest absolute Gasteiger partial charge is 0.140 e. The molecule has 0 aliphatic heterocycles. The van der Waals surface area contributed by atoms with E-state index < -0.39 is 0 Å². The molecule has 0 atom stereocenters. The van der Waals surface area contributed by atoms with Gasteiger partial charge in [-0.15, -0.1) is 45.3 Å². The van der Waals surface area contributed by atoms with E-state index in [9.17, 15) is 0 Å². The van der Waals surface area contributed by atoms with Gasteiger partial charge >= 0.3 is 0 Å². The predicted molar refractivity (Wildman–Crippen MR) is 144 cm³/mol. The van der Waals surface area contributed by atoms with E-state index in [2.05, 4.69) is 64.1 Å². The van der Waals surface area contributed by atoms with Crippen LogP contribution >= 0.6 is 45.3 Å². The van der Waals surface area contributed by atoms with Gasteiger partial charge in [0.1, 0.15) is 0 Å². The summed E-state index contributed by atoms with van der Waals surface area (Å²) in [5, 5.41) is 0. The van der Waals surface area contributed by atoms with Crippen molar-refractivity contribution in [2.45, 2.75) is 40.5 Å². The van der Waals surface area contributed by atoms with Crippen LogP contribution in [0, 0.1) is 27.7 Å². The van der Waals surface area contributed by atoms with Crippen LogP contribution in [0.5, 0.6) is 0 Å². The smallest absolute Gasteiger partial charge is 0.0452 e. The predicted octanol–water partition coefficient (Wildman–Crippen LogP) is 9.64. The molecule has 1 aromatic carbocycles. The van der Waals surface area contributed by atoms with E-state index >= 15 is 0 Å². The third-order valence-corrected chi connectivity index (χ3v) is 11.8. The Morgan fingerprint density at radius 1 is 0.531 bits per heavy atom. The van der Waals surface area contributed by atoms with Crippen molar-refractivity contribution in [3.8, 4) is 40.4 Å². The molecule has 158 valence electrons. The first-order valence-electron chi connectivity index (χ1n) is 11.0. The zero-order valence-corrected chi connectivity index (χ0v) is 21.8. The van der Waals surface area contributed by atoms with Crippen molar-refractivity contribution in [3.63, 3.8) is 0 Å². The van der Waals surface area contributed by atoms with Gasteiger partial charge in [0.2, 0.25) is 0 Å². The molecule has 0 amide bonds.